The van der Waals surface area contributed by atoms with E-state index in [1.54, 1.807) is 18.7 Å². The average molecular weight is 267 g/mol. The number of nitrogens with two attached hydrogens (primary N) is 1. The van der Waals surface area contributed by atoms with Crippen molar-refractivity contribution in [3.05, 3.63) is 29.8 Å². The van der Waals surface area contributed by atoms with E-state index in [4.69, 9.17) is 10.8 Å². The number of hydrogen-bond donors (Lipinski definition) is 2. The zero-order valence-corrected chi connectivity index (χ0v) is 11.8. The van der Waals surface area contributed by atoms with Gasteiger partial charge in [0.2, 0.25) is 0 Å². The van der Waals surface area contributed by atoms with E-state index in [2.05, 4.69) is 31.2 Å². The van der Waals surface area contributed by atoms with Crippen LogP contribution in [-0.2, 0) is 4.79 Å². The van der Waals surface area contributed by atoms with E-state index in [1.165, 1.54) is 10.5 Å². The molecule has 0 amide bonds. The van der Waals surface area contributed by atoms with Crippen LogP contribution in [-0.4, -0.2) is 22.4 Å². The van der Waals surface area contributed by atoms with Gasteiger partial charge in [-0.25, -0.2) is 0 Å². The van der Waals surface area contributed by atoms with Crippen molar-refractivity contribution in [1.29, 1.82) is 0 Å². The molecule has 0 bridgehead atoms. The highest BCUT2D eigenvalue weighted by atomic mass is 32.2. The van der Waals surface area contributed by atoms with Crippen LogP contribution in [0.1, 0.15) is 31.7 Å². The first-order chi connectivity index (χ1) is 8.42. The monoisotopic (exact) mass is 267 g/mol. The van der Waals surface area contributed by atoms with Crippen LogP contribution >= 0.6 is 11.8 Å². The molecule has 3 nitrogen and oxygen atoms in total. The van der Waals surface area contributed by atoms with Crippen molar-refractivity contribution in [3.8, 4) is 0 Å². The van der Waals surface area contributed by atoms with Crippen molar-refractivity contribution in [2.24, 2.45) is 5.73 Å². The van der Waals surface area contributed by atoms with Crippen molar-refractivity contribution in [2.45, 2.75) is 43.5 Å². The lowest BCUT2D eigenvalue weighted by molar-refractivity contribution is -0.142. The van der Waals surface area contributed by atoms with E-state index in [0.717, 1.165) is 18.6 Å². The van der Waals surface area contributed by atoms with Gasteiger partial charge in [-0.05, 0) is 44.6 Å². The summed E-state index contributed by atoms with van der Waals surface area (Å²) in [4.78, 5) is 12.1. The molecule has 0 aromatic heterocycles. The maximum absolute atomic E-state index is 10.8. The summed E-state index contributed by atoms with van der Waals surface area (Å²) in [5.41, 5.74) is 5.84. The zero-order valence-electron chi connectivity index (χ0n) is 11.0. The average Bonchev–Trinajstić information content (AvgIpc) is 2.31. The van der Waals surface area contributed by atoms with Gasteiger partial charge < -0.3 is 10.8 Å². The van der Waals surface area contributed by atoms with Crippen LogP contribution in [0, 0.1) is 6.92 Å². The highest BCUT2D eigenvalue weighted by Gasteiger charge is 2.26. The predicted molar refractivity (Wildman–Crippen MR) is 76.0 cm³/mol. The van der Waals surface area contributed by atoms with E-state index in [9.17, 15) is 4.79 Å². The number of benzene rings is 1. The Bertz CT molecular complexity index is 387. The number of thioether (sulfide) groups is 1. The number of aliphatic carboxylic acids is 1. The van der Waals surface area contributed by atoms with Gasteiger partial charge in [-0.2, -0.15) is 0 Å². The first kappa shape index (κ1) is 15.1. The molecular formula is C14H21NO2S. The topological polar surface area (TPSA) is 63.3 Å². The minimum absolute atomic E-state index is 0.525. The van der Waals surface area contributed by atoms with E-state index in [0.29, 0.717) is 6.42 Å². The summed E-state index contributed by atoms with van der Waals surface area (Å²) >= 11 is 1.80. The predicted octanol–water partition coefficient (Wildman–Crippen LogP) is 3.06. The zero-order chi connectivity index (χ0) is 13.6. The molecule has 0 saturated carbocycles. The van der Waals surface area contributed by atoms with Gasteiger partial charge in [0.15, 0.2) is 0 Å². The normalized spacial score (nSPS) is 14.2. The van der Waals surface area contributed by atoms with Crippen molar-refractivity contribution in [2.75, 3.05) is 5.75 Å². The van der Waals surface area contributed by atoms with Gasteiger partial charge in [0.1, 0.15) is 5.54 Å². The van der Waals surface area contributed by atoms with Gasteiger partial charge >= 0.3 is 5.97 Å². The second kappa shape index (κ2) is 6.81. The van der Waals surface area contributed by atoms with Crippen molar-refractivity contribution in [3.63, 3.8) is 0 Å². The molecule has 1 atom stereocenters. The molecule has 0 aliphatic rings. The lowest BCUT2D eigenvalue weighted by Crippen LogP contribution is -2.44. The summed E-state index contributed by atoms with van der Waals surface area (Å²) in [7, 11) is 0. The number of carbonyl (C=O) groups is 1. The largest absolute Gasteiger partial charge is 0.480 e. The lowest BCUT2D eigenvalue weighted by atomic mass is 9.97. The Kier molecular flexibility index (Phi) is 5.69. The fourth-order valence-electron chi connectivity index (χ4n) is 1.53. The van der Waals surface area contributed by atoms with Crippen LogP contribution in [0.2, 0.25) is 0 Å². The van der Waals surface area contributed by atoms with Gasteiger partial charge in [-0.15, -0.1) is 11.8 Å². The number of unbranched alkanes of at least 4 members (excludes halogenated alkanes) is 1. The maximum Gasteiger partial charge on any atom is 0.323 e. The van der Waals surface area contributed by atoms with E-state index in [1.807, 2.05) is 0 Å². The minimum atomic E-state index is -1.09. The van der Waals surface area contributed by atoms with Crippen molar-refractivity contribution in [1.82, 2.24) is 0 Å². The van der Waals surface area contributed by atoms with Crippen LogP contribution in [0.5, 0.6) is 0 Å². The highest BCUT2D eigenvalue weighted by molar-refractivity contribution is 7.99. The van der Waals surface area contributed by atoms with Gasteiger partial charge in [0, 0.05) is 4.90 Å². The standard InChI is InChI=1S/C14H21NO2S/c1-11-5-7-12(8-6-11)18-10-4-3-9-14(2,15)13(16)17/h5-8H,3-4,9-10,15H2,1-2H3,(H,16,17). The van der Waals surface area contributed by atoms with E-state index < -0.39 is 11.5 Å². The summed E-state index contributed by atoms with van der Waals surface area (Å²) < 4.78 is 0. The molecular weight excluding hydrogens is 246 g/mol. The Morgan fingerprint density at radius 3 is 2.50 bits per heavy atom. The number of carboxylic acids is 1. The van der Waals surface area contributed by atoms with Gasteiger partial charge in [0.25, 0.3) is 0 Å². The summed E-state index contributed by atoms with van der Waals surface area (Å²) in [5, 5.41) is 8.87. The molecule has 100 valence electrons. The first-order valence-corrected chi connectivity index (χ1v) is 7.12. The summed E-state index contributed by atoms with van der Waals surface area (Å²) in [6.07, 6.45) is 2.35. The quantitative estimate of drug-likeness (QED) is 0.588. The number of aryl methyl sites for hydroxylation is 1. The maximum atomic E-state index is 10.8. The Labute approximate surface area is 113 Å². The molecule has 1 unspecified atom stereocenters. The Balaban J connectivity index is 2.20. The number of rotatable bonds is 7. The molecule has 4 heteroatoms. The first-order valence-electron chi connectivity index (χ1n) is 6.13. The van der Waals surface area contributed by atoms with E-state index in [-0.39, 0.29) is 0 Å². The SMILES string of the molecule is Cc1ccc(SCCCCC(C)(N)C(=O)O)cc1. The second-order valence-corrected chi connectivity index (χ2v) is 6.01. The van der Waals surface area contributed by atoms with Crippen molar-refractivity contribution >= 4 is 17.7 Å². The molecule has 0 fully saturated rings. The molecule has 3 N–H and O–H groups in total. The molecule has 1 aromatic rings. The molecule has 0 heterocycles. The molecule has 0 aliphatic heterocycles. The van der Waals surface area contributed by atoms with Crippen LogP contribution in [0.3, 0.4) is 0 Å². The lowest BCUT2D eigenvalue weighted by Gasteiger charge is -2.18. The smallest absolute Gasteiger partial charge is 0.323 e. The van der Waals surface area contributed by atoms with Crippen LogP contribution in [0.4, 0.5) is 0 Å². The van der Waals surface area contributed by atoms with Crippen LogP contribution in [0.25, 0.3) is 0 Å². The highest BCUT2D eigenvalue weighted by Crippen LogP contribution is 2.21. The third-order valence-electron chi connectivity index (χ3n) is 2.87. The van der Waals surface area contributed by atoms with Crippen LogP contribution < -0.4 is 5.73 Å². The Morgan fingerprint density at radius 2 is 1.94 bits per heavy atom. The minimum Gasteiger partial charge on any atom is -0.480 e. The Morgan fingerprint density at radius 1 is 1.33 bits per heavy atom. The van der Waals surface area contributed by atoms with E-state index >= 15 is 0 Å². The summed E-state index contributed by atoms with van der Waals surface area (Å²) in [5.74, 6) is 0.0763. The Hall–Kier alpha value is -1.00. The molecule has 0 aliphatic carbocycles. The third-order valence-corrected chi connectivity index (χ3v) is 3.97. The van der Waals surface area contributed by atoms with Crippen LogP contribution in [0.15, 0.2) is 29.2 Å². The fraction of sp³-hybridized carbons (Fsp3) is 0.500. The fourth-order valence-corrected chi connectivity index (χ4v) is 2.44. The number of hydrogen-bond acceptors (Lipinski definition) is 3. The molecule has 1 aromatic carbocycles. The molecule has 0 saturated heterocycles. The molecule has 0 spiro atoms. The summed E-state index contributed by atoms with van der Waals surface area (Å²) in [6.45, 7) is 3.64. The van der Waals surface area contributed by atoms with Gasteiger partial charge in [-0.1, -0.05) is 24.1 Å². The molecule has 1 rings (SSSR count). The van der Waals surface area contributed by atoms with Gasteiger partial charge in [0.05, 0.1) is 0 Å². The second-order valence-electron chi connectivity index (χ2n) is 4.84. The number of carboxylic acid groups (broad SMARTS) is 1. The molecule has 18 heavy (non-hydrogen) atoms. The summed E-state index contributed by atoms with van der Waals surface area (Å²) in [6, 6.07) is 8.43. The van der Waals surface area contributed by atoms with Gasteiger partial charge in [-0.3, -0.25) is 4.79 Å². The third kappa shape index (κ3) is 5.10. The van der Waals surface area contributed by atoms with Crippen molar-refractivity contribution < 1.29 is 9.90 Å². The molecule has 0 radical (unpaired) electrons.